The Labute approximate surface area is 171 Å². The Morgan fingerprint density at radius 3 is 2.79 bits per heavy atom. The fraction of sp³-hybridized carbons (Fsp3) is 0.320. The summed E-state index contributed by atoms with van der Waals surface area (Å²) in [5.41, 5.74) is 5.86. The molecule has 1 N–H and O–H groups in total. The topological polar surface area (TPSA) is 51.5 Å². The molecular formula is C25H27NO3. The molecule has 3 aromatic rings. The second-order valence-electron chi connectivity index (χ2n) is 7.62. The number of aryl methyl sites for hydroxylation is 3. The van der Waals surface area contributed by atoms with Crippen molar-refractivity contribution in [3.05, 3.63) is 64.9 Å². The molecule has 0 spiro atoms. The van der Waals surface area contributed by atoms with E-state index in [-0.39, 0.29) is 5.91 Å². The monoisotopic (exact) mass is 389 g/mol. The number of carbonyl (C=O) groups excluding carboxylic acids is 1. The number of benzene rings is 2. The molecule has 0 radical (unpaired) electrons. The first kappa shape index (κ1) is 19.3. The van der Waals surface area contributed by atoms with Gasteiger partial charge in [-0.15, -0.1) is 0 Å². The first-order valence-corrected chi connectivity index (χ1v) is 10.3. The predicted molar refractivity (Wildman–Crippen MR) is 117 cm³/mol. The van der Waals surface area contributed by atoms with Crippen LogP contribution in [-0.2, 0) is 17.6 Å². The summed E-state index contributed by atoms with van der Waals surface area (Å²) in [6.45, 7) is 6.45. The van der Waals surface area contributed by atoms with Crippen LogP contribution < -0.4 is 10.1 Å². The highest BCUT2D eigenvalue weighted by Crippen LogP contribution is 2.38. The van der Waals surface area contributed by atoms with Crippen molar-refractivity contribution in [2.75, 3.05) is 11.9 Å². The number of nitrogens with one attached hydrogen (secondary N) is 1. The SMILES string of the molecule is CCOc1cc2oc3c(c2cc1/C(C)=C/C(=O)Nc1ccccc1C)CCCC3. The van der Waals surface area contributed by atoms with Gasteiger partial charge in [-0.1, -0.05) is 18.2 Å². The van der Waals surface area contributed by atoms with Gasteiger partial charge in [0.15, 0.2) is 0 Å². The molecule has 0 aliphatic heterocycles. The largest absolute Gasteiger partial charge is 0.493 e. The van der Waals surface area contributed by atoms with Crippen LogP contribution in [0.1, 0.15) is 49.1 Å². The zero-order valence-electron chi connectivity index (χ0n) is 17.3. The molecule has 0 bridgehead atoms. The first-order chi connectivity index (χ1) is 14.1. The Balaban J connectivity index is 1.70. The van der Waals surface area contributed by atoms with E-state index in [0.717, 1.165) is 57.7 Å². The van der Waals surface area contributed by atoms with E-state index in [2.05, 4.69) is 11.4 Å². The molecule has 1 amide bonds. The normalized spacial score (nSPS) is 14.0. The maximum atomic E-state index is 12.6. The third kappa shape index (κ3) is 3.93. The van der Waals surface area contributed by atoms with E-state index in [4.69, 9.17) is 9.15 Å². The maximum Gasteiger partial charge on any atom is 0.248 e. The van der Waals surface area contributed by atoms with Gasteiger partial charge in [0.2, 0.25) is 5.91 Å². The molecule has 0 fully saturated rings. The van der Waals surface area contributed by atoms with Crippen LogP contribution in [0.15, 0.2) is 46.9 Å². The highest BCUT2D eigenvalue weighted by molar-refractivity contribution is 6.05. The highest BCUT2D eigenvalue weighted by atomic mass is 16.5. The maximum absolute atomic E-state index is 12.6. The zero-order valence-corrected chi connectivity index (χ0v) is 17.3. The van der Waals surface area contributed by atoms with Gasteiger partial charge in [-0.05, 0) is 63.3 Å². The Hall–Kier alpha value is -3.01. The summed E-state index contributed by atoms with van der Waals surface area (Å²) < 4.78 is 12.0. The molecule has 1 aliphatic carbocycles. The number of rotatable bonds is 5. The molecule has 1 aromatic heterocycles. The van der Waals surface area contributed by atoms with Crippen molar-refractivity contribution in [2.24, 2.45) is 0 Å². The van der Waals surface area contributed by atoms with Crippen molar-refractivity contribution < 1.29 is 13.9 Å². The van der Waals surface area contributed by atoms with Crippen LogP contribution >= 0.6 is 0 Å². The van der Waals surface area contributed by atoms with E-state index in [1.807, 2.05) is 51.1 Å². The minimum atomic E-state index is -0.145. The Kier molecular flexibility index (Phi) is 5.43. The van der Waals surface area contributed by atoms with Gasteiger partial charge in [0.25, 0.3) is 0 Å². The second-order valence-corrected chi connectivity index (χ2v) is 7.62. The minimum Gasteiger partial charge on any atom is -0.493 e. The number of hydrogen-bond donors (Lipinski definition) is 1. The molecule has 0 unspecified atom stereocenters. The lowest BCUT2D eigenvalue weighted by atomic mass is 9.94. The van der Waals surface area contributed by atoms with E-state index in [0.29, 0.717) is 6.61 Å². The fourth-order valence-electron chi connectivity index (χ4n) is 4.03. The molecule has 0 atom stereocenters. The lowest BCUT2D eigenvalue weighted by Gasteiger charge is -2.12. The van der Waals surface area contributed by atoms with Crippen molar-refractivity contribution in [3.63, 3.8) is 0 Å². The van der Waals surface area contributed by atoms with Gasteiger partial charge < -0.3 is 14.5 Å². The summed E-state index contributed by atoms with van der Waals surface area (Å²) in [6.07, 6.45) is 6.06. The molecule has 4 heteroatoms. The van der Waals surface area contributed by atoms with Crippen LogP contribution in [-0.4, -0.2) is 12.5 Å². The number of fused-ring (bicyclic) bond motifs is 3. The van der Waals surface area contributed by atoms with Crippen LogP contribution in [0.3, 0.4) is 0 Å². The van der Waals surface area contributed by atoms with Crippen LogP contribution in [0.5, 0.6) is 5.75 Å². The van der Waals surface area contributed by atoms with Gasteiger partial charge in [-0.25, -0.2) is 0 Å². The fourth-order valence-corrected chi connectivity index (χ4v) is 4.03. The summed E-state index contributed by atoms with van der Waals surface area (Å²) in [5.74, 6) is 1.71. The lowest BCUT2D eigenvalue weighted by molar-refractivity contribution is -0.111. The molecular weight excluding hydrogens is 362 g/mol. The summed E-state index contributed by atoms with van der Waals surface area (Å²) in [5, 5.41) is 4.11. The average molecular weight is 389 g/mol. The lowest BCUT2D eigenvalue weighted by Crippen LogP contribution is -2.09. The number of allylic oxidation sites excluding steroid dienone is 1. The van der Waals surface area contributed by atoms with Gasteiger partial charge in [0, 0.05) is 40.8 Å². The quantitative estimate of drug-likeness (QED) is 0.540. The summed E-state index contributed by atoms with van der Waals surface area (Å²) in [6, 6.07) is 11.9. The standard InChI is InChI=1S/C25H27NO3/c1-4-28-23-15-24-20(18-10-6-8-12-22(18)29-24)14-19(23)17(3)13-25(27)26-21-11-7-5-9-16(21)2/h5,7,9,11,13-15H,4,6,8,10,12H2,1-3H3,(H,26,27)/b17-13+. The number of anilines is 1. The van der Waals surface area contributed by atoms with Crippen molar-refractivity contribution in [2.45, 2.75) is 46.5 Å². The molecule has 150 valence electrons. The Morgan fingerprint density at radius 1 is 1.21 bits per heavy atom. The number of ether oxygens (including phenoxy) is 1. The highest BCUT2D eigenvalue weighted by Gasteiger charge is 2.20. The van der Waals surface area contributed by atoms with Gasteiger partial charge in [0.05, 0.1) is 6.61 Å². The third-order valence-electron chi connectivity index (χ3n) is 5.53. The molecule has 1 heterocycles. The number of hydrogen-bond acceptors (Lipinski definition) is 3. The van der Waals surface area contributed by atoms with E-state index < -0.39 is 0 Å². The number of furan rings is 1. The smallest absolute Gasteiger partial charge is 0.248 e. The van der Waals surface area contributed by atoms with Crippen molar-refractivity contribution in [1.29, 1.82) is 0 Å². The summed E-state index contributed by atoms with van der Waals surface area (Å²) in [7, 11) is 0. The second kappa shape index (κ2) is 8.16. The number of para-hydroxylation sites is 1. The first-order valence-electron chi connectivity index (χ1n) is 10.3. The molecule has 1 aliphatic rings. The molecule has 0 saturated heterocycles. The van der Waals surface area contributed by atoms with E-state index in [9.17, 15) is 4.79 Å². The van der Waals surface area contributed by atoms with E-state index in [1.54, 1.807) is 6.08 Å². The Morgan fingerprint density at radius 2 is 2.00 bits per heavy atom. The van der Waals surface area contributed by atoms with E-state index >= 15 is 0 Å². The van der Waals surface area contributed by atoms with Gasteiger partial charge >= 0.3 is 0 Å². The van der Waals surface area contributed by atoms with Crippen LogP contribution in [0.2, 0.25) is 0 Å². The van der Waals surface area contributed by atoms with Gasteiger partial charge in [0.1, 0.15) is 17.1 Å². The van der Waals surface area contributed by atoms with Gasteiger partial charge in [-0.3, -0.25) is 4.79 Å². The van der Waals surface area contributed by atoms with Gasteiger partial charge in [-0.2, -0.15) is 0 Å². The van der Waals surface area contributed by atoms with E-state index in [1.165, 1.54) is 18.4 Å². The third-order valence-corrected chi connectivity index (χ3v) is 5.53. The molecule has 29 heavy (non-hydrogen) atoms. The molecule has 2 aromatic carbocycles. The molecule has 4 rings (SSSR count). The predicted octanol–water partition coefficient (Wildman–Crippen LogP) is 6.06. The Bertz CT molecular complexity index is 1090. The average Bonchev–Trinajstić information content (AvgIpc) is 3.06. The number of carbonyl (C=O) groups is 1. The number of amides is 1. The van der Waals surface area contributed by atoms with Crippen LogP contribution in [0, 0.1) is 6.92 Å². The molecule has 0 saturated carbocycles. The zero-order chi connectivity index (χ0) is 20.4. The minimum absolute atomic E-state index is 0.145. The summed E-state index contributed by atoms with van der Waals surface area (Å²) in [4.78, 5) is 12.6. The summed E-state index contributed by atoms with van der Waals surface area (Å²) >= 11 is 0. The van der Waals surface area contributed by atoms with Crippen molar-refractivity contribution in [3.8, 4) is 5.75 Å². The van der Waals surface area contributed by atoms with Crippen molar-refractivity contribution >= 4 is 28.1 Å². The van der Waals surface area contributed by atoms with Crippen LogP contribution in [0.25, 0.3) is 16.5 Å². The van der Waals surface area contributed by atoms with Crippen LogP contribution in [0.4, 0.5) is 5.69 Å². The van der Waals surface area contributed by atoms with Crippen molar-refractivity contribution in [1.82, 2.24) is 0 Å². The molecule has 4 nitrogen and oxygen atoms in total.